The number of hydrogen-bond donors (Lipinski definition) is 1. The molecule has 134 valence electrons. The van der Waals surface area contributed by atoms with Crippen LogP contribution in [0.4, 0.5) is 0 Å². The van der Waals surface area contributed by atoms with Gasteiger partial charge in [-0.1, -0.05) is 29.8 Å². The second kappa shape index (κ2) is 7.75. The summed E-state index contributed by atoms with van der Waals surface area (Å²) < 4.78 is 5.78. The van der Waals surface area contributed by atoms with Crippen molar-refractivity contribution in [3.8, 4) is 16.9 Å². The number of benzene rings is 2. The number of carbonyl (C=O) groups excluding carboxylic acids is 1. The maximum absolute atomic E-state index is 12.0. The number of aromatic nitrogens is 1. The van der Waals surface area contributed by atoms with Crippen LogP contribution in [0.3, 0.4) is 0 Å². The maximum atomic E-state index is 12.0. The van der Waals surface area contributed by atoms with E-state index < -0.39 is 6.10 Å². The van der Waals surface area contributed by atoms with Crippen LogP contribution in [0.5, 0.6) is 5.75 Å². The Morgan fingerprint density at radius 3 is 2.58 bits per heavy atom. The zero-order valence-corrected chi connectivity index (χ0v) is 15.7. The van der Waals surface area contributed by atoms with E-state index in [0.717, 1.165) is 22.0 Å². The first-order valence-electron chi connectivity index (χ1n) is 8.56. The number of rotatable bonds is 5. The van der Waals surface area contributed by atoms with Gasteiger partial charge in [0.2, 0.25) is 0 Å². The highest BCUT2D eigenvalue weighted by Crippen LogP contribution is 2.33. The minimum atomic E-state index is -0.582. The molecular formula is C21H21ClN2O2. The molecule has 1 heterocycles. The van der Waals surface area contributed by atoms with E-state index >= 15 is 0 Å². The summed E-state index contributed by atoms with van der Waals surface area (Å²) in [4.78, 5) is 16.5. The number of hydrogen-bond acceptors (Lipinski definition) is 3. The van der Waals surface area contributed by atoms with E-state index in [0.29, 0.717) is 10.8 Å². The molecule has 0 saturated carbocycles. The molecule has 0 fully saturated rings. The first-order valence-corrected chi connectivity index (χ1v) is 8.94. The van der Waals surface area contributed by atoms with E-state index in [2.05, 4.69) is 10.3 Å². The quantitative estimate of drug-likeness (QED) is 0.700. The lowest BCUT2D eigenvalue weighted by Gasteiger charge is -2.17. The van der Waals surface area contributed by atoms with Crippen molar-refractivity contribution >= 4 is 28.4 Å². The van der Waals surface area contributed by atoms with Crippen LogP contribution in [-0.2, 0) is 4.79 Å². The Morgan fingerprint density at radius 2 is 1.85 bits per heavy atom. The van der Waals surface area contributed by atoms with Crippen molar-refractivity contribution in [3.63, 3.8) is 0 Å². The summed E-state index contributed by atoms with van der Waals surface area (Å²) >= 11 is 6.35. The highest BCUT2D eigenvalue weighted by molar-refractivity contribution is 6.33. The summed E-state index contributed by atoms with van der Waals surface area (Å²) in [7, 11) is 0. The number of carbonyl (C=O) groups is 1. The van der Waals surface area contributed by atoms with E-state index in [-0.39, 0.29) is 11.9 Å². The molecule has 26 heavy (non-hydrogen) atoms. The van der Waals surface area contributed by atoms with Crippen molar-refractivity contribution < 1.29 is 9.53 Å². The van der Waals surface area contributed by atoms with Gasteiger partial charge in [-0.2, -0.15) is 0 Å². The van der Waals surface area contributed by atoms with Gasteiger partial charge in [-0.05, 0) is 50.6 Å². The number of nitrogens with zero attached hydrogens (tertiary/aromatic N) is 1. The molecule has 1 atom stereocenters. The molecule has 0 aliphatic carbocycles. The van der Waals surface area contributed by atoms with Crippen LogP contribution >= 0.6 is 11.6 Å². The molecule has 0 spiro atoms. The van der Waals surface area contributed by atoms with Gasteiger partial charge < -0.3 is 10.1 Å². The largest absolute Gasteiger partial charge is 0.481 e. The van der Waals surface area contributed by atoms with Gasteiger partial charge in [0.1, 0.15) is 5.75 Å². The van der Waals surface area contributed by atoms with E-state index in [1.54, 1.807) is 13.1 Å². The predicted molar refractivity (Wildman–Crippen MR) is 106 cm³/mol. The highest BCUT2D eigenvalue weighted by atomic mass is 35.5. The SMILES string of the molecule is CC(C)NC(=O)[C@@H](C)Oc1ccc2c(-c3ccccc3Cl)ccnc2c1. The average Bonchev–Trinajstić information content (AvgIpc) is 2.61. The summed E-state index contributed by atoms with van der Waals surface area (Å²) in [6, 6.07) is 15.4. The number of pyridine rings is 1. The third-order valence-corrected chi connectivity index (χ3v) is 4.32. The van der Waals surface area contributed by atoms with Gasteiger partial charge in [0.15, 0.2) is 6.10 Å². The Morgan fingerprint density at radius 1 is 1.08 bits per heavy atom. The second-order valence-corrected chi connectivity index (χ2v) is 6.85. The smallest absolute Gasteiger partial charge is 0.260 e. The molecule has 0 aliphatic rings. The van der Waals surface area contributed by atoms with Crippen LogP contribution in [0.25, 0.3) is 22.0 Å². The molecule has 0 unspecified atom stereocenters. The van der Waals surface area contributed by atoms with Crippen molar-refractivity contribution in [2.24, 2.45) is 0 Å². The van der Waals surface area contributed by atoms with Crippen LogP contribution in [0.1, 0.15) is 20.8 Å². The van der Waals surface area contributed by atoms with Gasteiger partial charge in [-0.15, -0.1) is 0 Å². The molecule has 1 amide bonds. The van der Waals surface area contributed by atoms with Gasteiger partial charge >= 0.3 is 0 Å². The number of halogens is 1. The maximum Gasteiger partial charge on any atom is 0.260 e. The van der Waals surface area contributed by atoms with Crippen LogP contribution in [0.2, 0.25) is 5.02 Å². The van der Waals surface area contributed by atoms with E-state index in [1.165, 1.54) is 0 Å². The van der Waals surface area contributed by atoms with Crippen LogP contribution in [-0.4, -0.2) is 23.0 Å². The molecule has 2 aromatic carbocycles. The third kappa shape index (κ3) is 3.97. The standard InChI is InChI=1S/C21H21ClN2O2/c1-13(2)24-21(25)14(3)26-15-8-9-18-16(10-11-23-20(18)12-15)17-6-4-5-7-19(17)22/h4-14H,1-3H3,(H,24,25)/t14-/m1/s1. The fourth-order valence-corrected chi connectivity index (χ4v) is 3.01. The first kappa shape index (κ1) is 18.2. The minimum absolute atomic E-state index is 0.0741. The molecule has 3 aromatic rings. The number of fused-ring (bicyclic) bond motifs is 1. The molecule has 1 aromatic heterocycles. The molecule has 1 N–H and O–H groups in total. The normalized spacial score (nSPS) is 12.2. The fraction of sp³-hybridized carbons (Fsp3) is 0.238. The van der Waals surface area contributed by atoms with Crippen molar-refractivity contribution in [1.82, 2.24) is 10.3 Å². The Labute approximate surface area is 158 Å². The molecule has 5 heteroatoms. The van der Waals surface area contributed by atoms with Gasteiger partial charge in [-0.3, -0.25) is 9.78 Å². The Balaban J connectivity index is 1.91. The van der Waals surface area contributed by atoms with Crippen molar-refractivity contribution in [1.29, 1.82) is 0 Å². The monoisotopic (exact) mass is 368 g/mol. The number of amides is 1. The van der Waals surface area contributed by atoms with Crippen molar-refractivity contribution in [2.75, 3.05) is 0 Å². The lowest BCUT2D eigenvalue weighted by atomic mass is 10.0. The van der Waals surface area contributed by atoms with Crippen molar-refractivity contribution in [2.45, 2.75) is 32.9 Å². The zero-order chi connectivity index (χ0) is 18.7. The lowest BCUT2D eigenvalue weighted by Crippen LogP contribution is -2.40. The van der Waals surface area contributed by atoms with Gasteiger partial charge in [-0.25, -0.2) is 0 Å². The van der Waals surface area contributed by atoms with Gasteiger partial charge in [0, 0.05) is 34.3 Å². The summed E-state index contributed by atoms with van der Waals surface area (Å²) in [5.74, 6) is 0.464. The zero-order valence-electron chi connectivity index (χ0n) is 15.0. The molecular weight excluding hydrogens is 348 g/mol. The van der Waals surface area contributed by atoms with E-state index in [1.807, 2.05) is 62.4 Å². The summed E-state index contributed by atoms with van der Waals surface area (Å²) in [6.45, 7) is 5.57. The molecule has 0 radical (unpaired) electrons. The average molecular weight is 369 g/mol. The fourth-order valence-electron chi connectivity index (χ4n) is 2.78. The molecule has 3 rings (SSSR count). The Hall–Kier alpha value is -2.59. The topological polar surface area (TPSA) is 51.2 Å². The van der Waals surface area contributed by atoms with Gasteiger partial charge in [0.05, 0.1) is 5.52 Å². The van der Waals surface area contributed by atoms with Crippen LogP contribution < -0.4 is 10.1 Å². The number of nitrogens with one attached hydrogen (secondary N) is 1. The van der Waals surface area contributed by atoms with Crippen LogP contribution in [0.15, 0.2) is 54.7 Å². The summed E-state index contributed by atoms with van der Waals surface area (Å²) in [6.07, 6.45) is 1.17. The second-order valence-electron chi connectivity index (χ2n) is 6.44. The van der Waals surface area contributed by atoms with E-state index in [9.17, 15) is 4.79 Å². The van der Waals surface area contributed by atoms with Gasteiger partial charge in [0.25, 0.3) is 5.91 Å². The summed E-state index contributed by atoms with van der Waals surface area (Å²) in [5, 5.41) is 4.52. The molecule has 4 nitrogen and oxygen atoms in total. The Kier molecular flexibility index (Phi) is 5.43. The molecule has 0 saturated heterocycles. The number of ether oxygens (including phenoxy) is 1. The summed E-state index contributed by atoms with van der Waals surface area (Å²) in [5.41, 5.74) is 2.76. The minimum Gasteiger partial charge on any atom is -0.481 e. The van der Waals surface area contributed by atoms with E-state index in [4.69, 9.17) is 16.3 Å². The first-order chi connectivity index (χ1) is 12.5. The van der Waals surface area contributed by atoms with Crippen molar-refractivity contribution in [3.05, 3.63) is 59.8 Å². The highest BCUT2D eigenvalue weighted by Gasteiger charge is 2.16. The Bertz CT molecular complexity index is 940. The van der Waals surface area contributed by atoms with Crippen LogP contribution in [0, 0.1) is 0 Å². The third-order valence-electron chi connectivity index (χ3n) is 3.99. The molecule has 0 bridgehead atoms. The predicted octanol–water partition coefficient (Wildman–Crippen LogP) is 4.85. The molecule has 0 aliphatic heterocycles. The lowest BCUT2D eigenvalue weighted by molar-refractivity contribution is -0.127.